The highest BCUT2D eigenvalue weighted by Crippen LogP contribution is 2.31. The zero-order valence-corrected chi connectivity index (χ0v) is 12.7. The third-order valence-electron chi connectivity index (χ3n) is 3.53. The van der Waals surface area contributed by atoms with Crippen LogP contribution >= 0.6 is 11.6 Å². The van der Waals surface area contributed by atoms with Crippen LogP contribution in [0, 0.1) is 0 Å². The molecule has 0 bridgehead atoms. The first-order valence-electron chi connectivity index (χ1n) is 7.07. The molecule has 0 radical (unpaired) electrons. The highest BCUT2D eigenvalue weighted by Gasteiger charge is 2.20. The topological polar surface area (TPSA) is 38.0 Å². The highest BCUT2D eigenvalue weighted by molar-refractivity contribution is 6.31. The standard InChI is InChI=1S/C16H21ClN2O/c1-3-9-19-16(14(17)11-18-19)15(20)10-12(2)13-7-5-4-6-8-13/h4-8,11-12,15,20H,3,9-10H2,1-2H3. The van der Waals surface area contributed by atoms with Gasteiger partial charge in [-0.05, 0) is 24.3 Å². The normalized spacial score (nSPS) is 14.2. The molecule has 1 N–H and O–H groups in total. The summed E-state index contributed by atoms with van der Waals surface area (Å²) in [6.07, 6.45) is 2.63. The SMILES string of the molecule is CCCn1ncc(Cl)c1C(O)CC(C)c1ccccc1. The Balaban J connectivity index is 2.12. The Kier molecular flexibility index (Phi) is 5.21. The molecule has 0 aliphatic heterocycles. The average molecular weight is 293 g/mol. The smallest absolute Gasteiger partial charge is 0.0977 e. The molecular weight excluding hydrogens is 272 g/mol. The van der Waals surface area contributed by atoms with Gasteiger partial charge >= 0.3 is 0 Å². The van der Waals surface area contributed by atoms with Gasteiger partial charge in [0.2, 0.25) is 0 Å². The van der Waals surface area contributed by atoms with E-state index in [-0.39, 0.29) is 5.92 Å². The summed E-state index contributed by atoms with van der Waals surface area (Å²) >= 11 is 6.16. The molecule has 0 amide bonds. The Morgan fingerprint density at radius 1 is 1.30 bits per heavy atom. The van der Waals surface area contributed by atoms with Crippen molar-refractivity contribution in [1.29, 1.82) is 0 Å². The summed E-state index contributed by atoms with van der Waals surface area (Å²) in [5.74, 6) is 0.271. The van der Waals surface area contributed by atoms with Gasteiger partial charge in [-0.15, -0.1) is 0 Å². The van der Waals surface area contributed by atoms with Crippen molar-refractivity contribution in [2.75, 3.05) is 0 Å². The Hall–Kier alpha value is -1.32. The molecule has 4 heteroatoms. The zero-order chi connectivity index (χ0) is 14.5. The van der Waals surface area contributed by atoms with Crippen molar-refractivity contribution in [3.05, 3.63) is 52.8 Å². The first-order valence-corrected chi connectivity index (χ1v) is 7.45. The van der Waals surface area contributed by atoms with E-state index in [1.54, 1.807) is 6.20 Å². The lowest BCUT2D eigenvalue weighted by Gasteiger charge is -2.18. The van der Waals surface area contributed by atoms with Crippen molar-refractivity contribution in [3.63, 3.8) is 0 Å². The predicted molar refractivity (Wildman–Crippen MR) is 82.0 cm³/mol. The van der Waals surface area contributed by atoms with E-state index in [2.05, 4.69) is 31.1 Å². The quantitative estimate of drug-likeness (QED) is 0.867. The van der Waals surface area contributed by atoms with Crippen molar-refractivity contribution in [2.24, 2.45) is 0 Å². The van der Waals surface area contributed by atoms with Crippen molar-refractivity contribution < 1.29 is 5.11 Å². The molecule has 2 aromatic rings. The number of hydrogen-bond donors (Lipinski definition) is 1. The number of aryl methyl sites for hydroxylation is 1. The zero-order valence-electron chi connectivity index (χ0n) is 12.0. The summed E-state index contributed by atoms with van der Waals surface area (Å²) < 4.78 is 1.81. The lowest BCUT2D eigenvalue weighted by molar-refractivity contribution is 0.148. The molecule has 20 heavy (non-hydrogen) atoms. The third-order valence-corrected chi connectivity index (χ3v) is 3.82. The lowest BCUT2D eigenvalue weighted by Crippen LogP contribution is -2.11. The largest absolute Gasteiger partial charge is 0.387 e. The van der Waals surface area contributed by atoms with Crippen LogP contribution in [0.15, 0.2) is 36.5 Å². The number of benzene rings is 1. The average Bonchev–Trinajstić information content (AvgIpc) is 2.81. The van der Waals surface area contributed by atoms with Crippen LogP contribution in [0.1, 0.15) is 50.0 Å². The second-order valence-electron chi connectivity index (χ2n) is 5.16. The first-order chi connectivity index (χ1) is 9.63. The van der Waals surface area contributed by atoms with Gasteiger partial charge in [-0.3, -0.25) is 4.68 Å². The molecule has 1 aromatic heterocycles. The maximum Gasteiger partial charge on any atom is 0.0977 e. The van der Waals surface area contributed by atoms with Gasteiger partial charge in [0.05, 0.1) is 23.0 Å². The van der Waals surface area contributed by atoms with E-state index in [4.69, 9.17) is 11.6 Å². The summed E-state index contributed by atoms with van der Waals surface area (Å²) in [7, 11) is 0. The van der Waals surface area contributed by atoms with Gasteiger partial charge in [0.15, 0.2) is 0 Å². The van der Waals surface area contributed by atoms with Gasteiger partial charge in [0.1, 0.15) is 0 Å². The van der Waals surface area contributed by atoms with Crippen LogP contribution in [0.5, 0.6) is 0 Å². The molecule has 1 heterocycles. The fraction of sp³-hybridized carbons (Fsp3) is 0.438. The molecule has 0 aliphatic carbocycles. The van der Waals surface area contributed by atoms with Crippen molar-refractivity contribution in [3.8, 4) is 0 Å². The minimum atomic E-state index is -0.591. The molecule has 0 saturated heterocycles. The molecule has 1 aromatic carbocycles. The second-order valence-corrected chi connectivity index (χ2v) is 5.57. The Bertz CT molecular complexity index is 539. The van der Waals surface area contributed by atoms with Crippen LogP contribution < -0.4 is 0 Å². The van der Waals surface area contributed by atoms with Gasteiger partial charge < -0.3 is 5.11 Å². The molecule has 108 valence electrons. The van der Waals surface area contributed by atoms with Crippen LogP contribution in [0.2, 0.25) is 5.02 Å². The van der Waals surface area contributed by atoms with Crippen molar-refractivity contribution >= 4 is 11.6 Å². The summed E-state index contributed by atoms with van der Waals surface area (Å²) in [4.78, 5) is 0. The summed E-state index contributed by atoms with van der Waals surface area (Å²) in [6, 6.07) is 10.2. The summed E-state index contributed by atoms with van der Waals surface area (Å²) in [6.45, 7) is 4.98. The molecule has 0 fully saturated rings. The van der Waals surface area contributed by atoms with Crippen LogP contribution in [0.3, 0.4) is 0 Å². The number of aliphatic hydroxyl groups excluding tert-OH is 1. The Morgan fingerprint density at radius 3 is 2.65 bits per heavy atom. The molecule has 0 saturated carbocycles. The van der Waals surface area contributed by atoms with E-state index in [1.807, 2.05) is 22.9 Å². The van der Waals surface area contributed by atoms with E-state index in [0.717, 1.165) is 18.7 Å². The Morgan fingerprint density at radius 2 is 2.00 bits per heavy atom. The van der Waals surface area contributed by atoms with Gasteiger partial charge in [-0.1, -0.05) is 55.8 Å². The summed E-state index contributed by atoms with van der Waals surface area (Å²) in [5, 5.41) is 15.3. The fourth-order valence-corrected chi connectivity index (χ4v) is 2.72. The fourth-order valence-electron chi connectivity index (χ4n) is 2.46. The van der Waals surface area contributed by atoms with Crippen molar-refractivity contribution in [2.45, 2.75) is 45.3 Å². The summed E-state index contributed by atoms with van der Waals surface area (Å²) in [5.41, 5.74) is 1.96. The number of halogens is 1. The Labute approximate surface area is 125 Å². The van der Waals surface area contributed by atoms with E-state index >= 15 is 0 Å². The monoisotopic (exact) mass is 292 g/mol. The van der Waals surface area contributed by atoms with E-state index in [9.17, 15) is 5.11 Å². The molecule has 2 unspecified atom stereocenters. The molecule has 2 atom stereocenters. The molecule has 0 spiro atoms. The van der Waals surface area contributed by atoms with Crippen molar-refractivity contribution in [1.82, 2.24) is 9.78 Å². The lowest BCUT2D eigenvalue weighted by atomic mass is 9.94. The van der Waals surface area contributed by atoms with Gasteiger partial charge in [0, 0.05) is 6.54 Å². The molecular formula is C16H21ClN2O. The van der Waals surface area contributed by atoms with Crippen LogP contribution in [0.4, 0.5) is 0 Å². The number of hydrogen-bond acceptors (Lipinski definition) is 2. The number of nitrogens with zero attached hydrogens (tertiary/aromatic N) is 2. The van der Waals surface area contributed by atoms with Crippen LogP contribution in [0.25, 0.3) is 0 Å². The van der Waals surface area contributed by atoms with Gasteiger partial charge in [-0.25, -0.2) is 0 Å². The maximum atomic E-state index is 10.5. The first kappa shape index (κ1) is 15.1. The van der Waals surface area contributed by atoms with E-state index < -0.39 is 6.10 Å². The maximum absolute atomic E-state index is 10.5. The molecule has 2 rings (SSSR count). The third kappa shape index (κ3) is 3.41. The van der Waals surface area contributed by atoms with E-state index in [1.165, 1.54) is 5.56 Å². The van der Waals surface area contributed by atoms with E-state index in [0.29, 0.717) is 11.4 Å². The predicted octanol–water partition coefficient (Wildman–Crippen LogP) is 4.17. The second kappa shape index (κ2) is 6.91. The highest BCUT2D eigenvalue weighted by atomic mass is 35.5. The minimum Gasteiger partial charge on any atom is -0.387 e. The van der Waals surface area contributed by atoms with Gasteiger partial charge in [-0.2, -0.15) is 5.10 Å². The molecule has 3 nitrogen and oxygen atoms in total. The number of aromatic nitrogens is 2. The minimum absolute atomic E-state index is 0.271. The van der Waals surface area contributed by atoms with Gasteiger partial charge in [0.25, 0.3) is 0 Å². The number of aliphatic hydroxyl groups is 1. The van der Waals surface area contributed by atoms with Crippen LogP contribution in [-0.4, -0.2) is 14.9 Å². The number of rotatable bonds is 6. The van der Waals surface area contributed by atoms with Crippen LogP contribution in [-0.2, 0) is 6.54 Å². The molecule has 0 aliphatic rings.